The lowest BCUT2D eigenvalue weighted by atomic mass is 10.1. The van der Waals surface area contributed by atoms with Gasteiger partial charge in [-0.05, 0) is 17.7 Å². The third kappa shape index (κ3) is 2.47. The van der Waals surface area contributed by atoms with Gasteiger partial charge in [0.2, 0.25) is 0 Å². The van der Waals surface area contributed by atoms with Gasteiger partial charge in [-0.1, -0.05) is 12.1 Å². The summed E-state index contributed by atoms with van der Waals surface area (Å²) in [6.45, 7) is 0. The van der Waals surface area contributed by atoms with Crippen molar-refractivity contribution in [2.24, 2.45) is 0 Å². The molecule has 1 aromatic carbocycles. The predicted octanol–water partition coefficient (Wildman–Crippen LogP) is 1.75. The number of carbonyl (C=O) groups excluding carboxylic acids is 1. The van der Waals surface area contributed by atoms with E-state index in [2.05, 4.69) is 4.74 Å². The molecular weight excluding hydrogens is 204 g/mol. The Balaban J connectivity index is 2.83. The van der Waals surface area contributed by atoms with Crippen molar-refractivity contribution in [2.45, 2.75) is 6.10 Å². The van der Waals surface area contributed by atoms with Crippen LogP contribution in [0.2, 0.25) is 0 Å². The zero-order valence-electron chi connectivity index (χ0n) is 7.74. The first kappa shape index (κ1) is 11.0. The molecule has 0 aliphatic carbocycles. The summed E-state index contributed by atoms with van der Waals surface area (Å²) in [5, 5.41) is 9.37. The van der Waals surface area contributed by atoms with E-state index in [0.717, 1.165) is 0 Å². The lowest BCUT2D eigenvalue weighted by Crippen LogP contribution is -2.03. The maximum Gasteiger partial charge on any atom is 0.337 e. The quantitative estimate of drug-likeness (QED) is 0.616. The zero-order chi connectivity index (χ0) is 10.6. The first-order valence-corrected chi connectivity index (χ1v) is 4.64. The number of rotatable bonds is 3. The minimum Gasteiger partial charge on any atom is -0.465 e. The fourth-order valence-electron chi connectivity index (χ4n) is 1.05. The molecule has 14 heavy (non-hydrogen) atoms. The molecule has 0 amide bonds. The zero-order valence-corrected chi connectivity index (χ0v) is 8.49. The van der Waals surface area contributed by atoms with Gasteiger partial charge in [-0.3, -0.25) is 0 Å². The minimum absolute atomic E-state index is 0.136. The molecular formula is C10H11ClO3. The van der Waals surface area contributed by atoms with E-state index in [1.165, 1.54) is 7.11 Å². The molecule has 3 nitrogen and oxygen atoms in total. The van der Waals surface area contributed by atoms with Crippen LogP contribution in [-0.4, -0.2) is 24.1 Å². The van der Waals surface area contributed by atoms with E-state index in [-0.39, 0.29) is 5.88 Å². The van der Waals surface area contributed by atoms with E-state index in [1.54, 1.807) is 24.3 Å². The van der Waals surface area contributed by atoms with Crippen LogP contribution in [0.1, 0.15) is 22.0 Å². The van der Waals surface area contributed by atoms with Gasteiger partial charge in [-0.2, -0.15) is 0 Å². The lowest BCUT2D eigenvalue weighted by Gasteiger charge is -2.07. The fourth-order valence-corrected chi connectivity index (χ4v) is 1.23. The Kier molecular flexibility index (Phi) is 3.92. The molecule has 1 unspecified atom stereocenters. The molecule has 1 atom stereocenters. The van der Waals surface area contributed by atoms with Gasteiger partial charge in [0.1, 0.15) is 0 Å². The highest BCUT2D eigenvalue weighted by Crippen LogP contribution is 2.15. The van der Waals surface area contributed by atoms with Crippen molar-refractivity contribution in [3.8, 4) is 0 Å². The molecule has 0 aromatic heterocycles. The van der Waals surface area contributed by atoms with Crippen LogP contribution in [-0.2, 0) is 4.74 Å². The summed E-state index contributed by atoms with van der Waals surface area (Å²) in [5.74, 6) is -0.255. The van der Waals surface area contributed by atoms with Crippen molar-refractivity contribution in [2.75, 3.05) is 13.0 Å². The molecule has 4 heteroatoms. The van der Waals surface area contributed by atoms with Gasteiger partial charge in [0.05, 0.1) is 24.7 Å². The SMILES string of the molecule is COC(=O)c1ccc(C(O)CCl)cc1. The summed E-state index contributed by atoms with van der Waals surface area (Å²) in [5.41, 5.74) is 1.14. The largest absolute Gasteiger partial charge is 0.465 e. The number of aliphatic hydroxyl groups excluding tert-OH is 1. The molecule has 0 radical (unpaired) electrons. The first-order chi connectivity index (χ1) is 6.69. The summed E-state index contributed by atoms with van der Waals surface area (Å²) in [6, 6.07) is 6.49. The van der Waals surface area contributed by atoms with E-state index in [9.17, 15) is 9.90 Å². The topological polar surface area (TPSA) is 46.5 Å². The van der Waals surface area contributed by atoms with E-state index in [1.807, 2.05) is 0 Å². The van der Waals surface area contributed by atoms with Crippen LogP contribution in [0.15, 0.2) is 24.3 Å². The number of esters is 1. The monoisotopic (exact) mass is 214 g/mol. The Morgan fingerprint density at radius 2 is 2.07 bits per heavy atom. The van der Waals surface area contributed by atoms with Crippen LogP contribution in [0, 0.1) is 0 Å². The number of halogens is 1. The second-order valence-corrected chi connectivity index (χ2v) is 3.09. The number of methoxy groups -OCH3 is 1. The number of hydrogen-bond acceptors (Lipinski definition) is 3. The Morgan fingerprint density at radius 1 is 1.50 bits per heavy atom. The standard InChI is InChI=1S/C10H11ClO3/c1-14-10(13)8-4-2-7(3-5-8)9(12)6-11/h2-5,9,12H,6H2,1H3. The molecule has 0 saturated carbocycles. The molecule has 76 valence electrons. The molecule has 0 fully saturated rings. The van der Waals surface area contributed by atoms with Crippen molar-refractivity contribution < 1.29 is 14.6 Å². The highest BCUT2D eigenvalue weighted by molar-refractivity contribution is 6.18. The Morgan fingerprint density at radius 3 is 2.50 bits per heavy atom. The molecule has 0 heterocycles. The summed E-state index contributed by atoms with van der Waals surface area (Å²) in [6.07, 6.45) is -0.691. The Bertz CT molecular complexity index is 308. The summed E-state index contributed by atoms with van der Waals surface area (Å²) in [7, 11) is 1.32. The maximum absolute atomic E-state index is 11.1. The molecule has 0 spiro atoms. The number of alkyl halides is 1. The van der Waals surface area contributed by atoms with Crippen LogP contribution >= 0.6 is 11.6 Å². The van der Waals surface area contributed by atoms with Crippen molar-refractivity contribution >= 4 is 17.6 Å². The van der Waals surface area contributed by atoms with E-state index in [0.29, 0.717) is 11.1 Å². The van der Waals surface area contributed by atoms with Crippen LogP contribution < -0.4 is 0 Å². The van der Waals surface area contributed by atoms with Crippen LogP contribution in [0.3, 0.4) is 0 Å². The van der Waals surface area contributed by atoms with Gasteiger partial charge in [-0.25, -0.2) is 4.79 Å². The number of benzene rings is 1. The van der Waals surface area contributed by atoms with Crippen molar-refractivity contribution in [3.63, 3.8) is 0 Å². The molecule has 1 rings (SSSR count). The minimum atomic E-state index is -0.691. The third-order valence-corrected chi connectivity index (χ3v) is 2.16. The average Bonchev–Trinajstić information content (AvgIpc) is 2.27. The fraction of sp³-hybridized carbons (Fsp3) is 0.300. The first-order valence-electron chi connectivity index (χ1n) is 4.11. The van der Waals surface area contributed by atoms with Crippen molar-refractivity contribution in [3.05, 3.63) is 35.4 Å². The predicted molar refractivity (Wildman–Crippen MR) is 53.5 cm³/mol. The van der Waals surface area contributed by atoms with E-state index in [4.69, 9.17) is 11.6 Å². The van der Waals surface area contributed by atoms with Gasteiger partial charge in [-0.15, -0.1) is 11.6 Å². The number of hydrogen-bond donors (Lipinski definition) is 1. The van der Waals surface area contributed by atoms with Gasteiger partial charge in [0, 0.05) is 0 Å². The van der Waals surface area contributed by atoms with Gasteiger partial charge < -0.3 is 9.84 Å². The van der Waals surface area contributed by atoms with E-state index >= 15 is 0 Å². The molecule has 0 aliphatic rings. The molecule has 1 N–H and O–H groups in total. The molecule has 0 saturated heterocycles. The number of carbonyl (C=O) groups is 1. The smallest absolute Gasteiger partial charge is 0.337 e. The Labute approximate surface area is 87.3 Å². The van der Waals surface area contributed by atoms with Crippen LogP contribution in [0.5, 0.6) is 0 Å². The summed E-state index contributed by atoms with van der Waals surface area (Å²) < 4.78 is 4.54. The number of ether oxygens (including phenoxy) is 1. The van der Waals surface area contributed by atoms with Gasteiger partial charge in [0.15, 0.2) is 0 Å². The van der Waals surface area contributed by atoms with Gasteiger partial charge in [0.25, 0.3) is 0 Å². The van der Waals surface area contributed by atoms with Crippen LogP contribution in [0.4, 0.5) is 0 Å². The molecule has 0 bridgehead atoms. The normalized spacial score (nSPS) is 12.2. The van der Waals surface area contributed by atoms with Crippen molar-refractivity contribution in [1.29, 1.82) is 0 Å². The second kappa shape index (κ2) is 4.98. The average molecular weight is 215 g/mol. The summed E-state index contributed by atoms with van der Waals surface area (Å²) >= 11 is 5.47. The third-order valence-electron chi connectivity index (χ3n) is 1.86. The van der Waals surface area contributed by atoms with E-state index < -0.39 is 12.1 Å². The molecule has 0 aliphatic heterocycles. The van der Waals surface area contributed by atoms with Crippen molar-refractivity contribution in [1.82, 2.24) is 0 Å². The summed E-state index contributed by atoms with van der Waals surface area (Å²) in [4.78, 5) is 11.1. The number of aliphatic hydroxyl groups is 1. The highest BCUT2D eigenvalue weighted by Gasteiger charge is 2.08. The highest BCUT2D eigenvalue weighted by atomic mass is 35.5. The maximum atomic E-state index is 11.1. The second-order valence-electron chi connectivity index (χ2n) is 2.78. The molecule has 1 aromatic rings. The van der Waals surface area contributed by atoms with Gasteiger partial charge >= 0.3 is 5.97 Å². The Hall–Kier alpha value is -1.06. The van der Waals surface area contributed by atoms with Crippen LogP contribution in [0.25, 0.3) is 0 Å². The lowest BCUT2D eigenvalue weighted by molar-refractivity contribution is 0.0600.